The quantitative estimate of drug-likeness (QED) is 0.736. The first-order valence-corrected chi connectivity index (χ1v) is 7.18. The zero-order valence-electron chi connectivity index (χ0n) is 12.6. The van der Waals surface area contributed by atoms with E-state index in [2.05, 4.69) is 0 Å². The van der Waals surface area contributed by atoms with Crippen molar-refractivity contribution in [2.75, 3.05) is 27.4 Å². The molecule has 1 unspecified atom stereocenters. The van der Waals surface area contributed by atoms with Gasteiger partial charge in [-0.3, -0.25) is 0 Å². The van der Waals surface area contributed by atoms with Crippen molar-refractivity contribution >= 4 is 5.97 Å². The van der Waals surface area contributed by atoms with Gasteiger partial charge in [-0.25, -0.2) is 4.79 Å². The lowest BCUT2D eigenvalue weighted by Crippen LogP contribution is -2.55. The lowest BCUT2D eigenvalue weighted by molar-refractivity contribution is -0.149. The van der Waals surface area contributed by atoms with Crippen LogP contribution in [0.25, 0.3) is 0 Å². The van der Waals surface area contributed by atoms with Crippen molar-refractivity contribution in [1.82, 2.24) is 0 Å². The number of carbonyl (C=O) groups excluding carboxylic acids is 1. The summed E-state index contributed by atoms with van der Waals surface area (Å²) in [6.07, 6.45) is 2.76. The number of nitrogens with two attached hydrogens (primary N) is 1. The second-order valence-electron chi connectivity index (χ2n) is 5.48. The molecule has 0 aromatic heterocycles. The number of hydrogen-bond acceptors (Lipinski definition) is 5. The van der Waals surface area contributed by atoms with Crippen LogP contribution in [0.5, 0.6) is 5.75 Å². The summed E-state index contributed by atoms with van der Waals surface area (Å²) in [6, 6.07) is 7.74. The fourth-order valence-corrected chi connectivity index (χ4v) is 2.31. The summed E-state index contributed by atoms with van der Waals surface area (Å²) >= 11 is 0. The van der Waals surface area contributed by atoms with Gasteiger partial charge in [-0.15, -0.1) is 0 Å². The molecule has 5 heteroatoms. The van der Waals surface area contributed by atoms with E-state index in [1.807, 2.05) is 24.3 Å². The fourth-order valence-electron chi connectivity index (χ4n) is 2.31. The van der Waals surface area contributed by atoms with Gasteiger partial charge in [0.25, 0.3) is 0 Å². The van der Waals surface area contributed by atoms with E-state index in [9.17, 15) is 4.79 Å². The lowest BCUT2D eigenvalue weighted by atomic mass is 9.96. The predicted molar refractivity (Wildman–Crippen MR) is 79.2 cm³/mol. The van der Waals surface area contributed by atoms with Gasteiger partial charge in [0.1, 0.15) is 12.4 Å². The number of ether oxygens (including phenoxy) is 3. The van der Waals surface area contributed by atoms with Crippen LogP contribution in [-0.4, -0.2) is 38.9 Å². The third-order valence-corrected chi connectivity index (χ3v) is 3.87. The molecule has 0 aliphatic heterocycles. The Morgan fingerprint density at radius 2 is 1.95 bits per heavy atom. The smallest absolute Gasteiger partial charge is 0.329 e. The molecule has 2 N–H and O–H groups in total. The Balaban J connectivity index is 1.93. The van der Waals surface area contributed by atoms with Gasteiger partial charge in [0, 0.05) is 7.11 Å². The Morgan fingerprint density at radius 1 is 1.29 bits per heavy atom. The van der Waals surface area contributed by atoms with Crippen LogP contribution in [0.4, 0.5) is 0 Å². The number of esters is 1. The molecular weight excluding hydrogens is 270 g/mol. The summed E-state index contributed by atoms with van der Waals surface area (Å²) < 4.78 is 15.5. The maximum absolute atomic E-state index is 11.9. The van der Waals surface area contributed by atoms with E-state index in [4.69, 9.17) is 19.9 Å². The standard InChI is InChI=1S/C16H23NO4/c1-19-10-9-12-3-7-14(8-4-12)21-11-16(17,13-5-6-13)15(18)20-2/h3-4,7-8,13H,5-6,9-11,17H2,1-2H3. The molecule has 0 radical (unpaired) electrons. The number of hydrogen-bond donors (Lipinski definition) is 1. The van der Waals surface area contributed by atoms with Crippen molar-refractivity contribution in [2.24, 2.45) is 11.7 Å². The molecule has 1 saturated carbocycles. The molecule has 1 aromatic carbocycles. The van der Waals surface area contributed by atoms with Crippen LogP contribution in [0.2, 0.25) is 0 Å². The van der Waals surface area contributed by atoms with E-state index in [1.54, 1.807) is 7.11 Å². The highest BCUT2D eigenvalue weighted by Crippen LogP contribution is 2.39. The average molecular weight is 293 g/mol. The monoisotopic (exact) mass is 293 g/mol. The van der Waals surface area contributed by atoms with E-state index >= 15 is 0 Å². The van der Waals surface area contributed by atoms with Crippen LogP contribution in [0.3, 0.4) is 0 Å². The summed E-state index contributed by atoms with van der Waals surface area (Å²) in [5.74, 6) is 0.461. The third-order valence-electron chi connectivity index (χ3n) is 3.87. The van der Waals surface area contributed by atoms with E-state index in [-0.39, 0.29) is 12.5 Å². The molecule has 0 spiro atoms. The minimum atomic E-state index is -1.04. The van der Waals surface area contributed by atoms with Gasteiger partial charge in [-0.2, -0.15) is 0 Å². The molecule has 5 nitrogen and oxygen atoms in total. The van der Waals surface area contributed by atoms with Crippen molar-refractivity contribution in [1.29, 1.82) is 0 Å². The van der Waals surface area contributed by atoms with Crippen LogP contribution in [0.1, 0.15) is 18.4 Å². The Bertz CT molecular complexity index is 470. The molecule has 1 aromatic rings. The predicted octanol–water partition coefficient (Wildman–Crippen LogP) is 1.53. The molecule has 1 aliphatic carbocycles. The fraction of sp³-hybridized carbons (Fsp3) is 0.562. The Kier molecular flexibility index (Phi) is 5.20. The summed E-state index contributed by atoms with van der Waals surface area (Å²) in [6.45, 7) is 0.831. The molecule has 0 saturated heterocycles. The maximum atomic E-state index is 11.9. The molecule has 116 valence electrons. The second kappa shape index (κ2) is 6.91. The van der Waals surface area contributed by atoms with Crippen molar-refractivity contribution in [3.8, 4) is 5.75 Å². The first-order chi connectivity index (χ1) is 10.1. The van der Waals surface area contributed by atoms with Gasteiger partial charge >= 0.3 is 5.97 Å². The number of methoxy groups -OCH3 is 2. The molecule has 2 rings (SSSR count). The molecular formula is C16H23NO4. The van der Waals surface area contributed by atoms with Crippen LogP contribution in [0, 0.1) is 5.92 Å². The van der Waals surface area contributed by atoms with E-state index in [1.165, 1.54) is 12.7 Å². The minimum absolute atomic E-state index is 0.141. The number of carbonyl (C=O) groups is 1. The SMILES string of the molecule is COCCc1ccc(OCC(N)(C(=O)OC)C2CC2)cc1. The third kappa shape index (κ3) is 3.95. The van der Waals surface area contributed by atoms with Crippen LogP contribution in [-0.2, 0) is 20.7 Å². The van der Waals surface area contributed by atoms with E-state index in [0.29, 0.717) is 12.4 Å². The van der Waals surface area contributed by atoms with Crippen LogP contribution in [0.15, 0.2) is 24.3 Å². The average Bonchev–Trinajstić information content (AvgIpc) is 3.36. The largest absolute Gasteiger partial charge is 0.491 e. The highest BCUT2D eigenvalue weighted by molar-refractivity contribution is 5.81. The summed E-state index contributed by atoms with van der Waals surface area (Å²) in [7, 11) is 3.04. The number of benzene rings is 1. The minimum Gasteiger partial charge on any atom is -0.491 e. The molecule has 0 amide bonds. The van der Waals surface area contributed by atoms with Gasteiger partial charge in [0.15, 0.2) is 5.54 Å². The van der Waals surface area contributed by atoms with E-state index in [0.717, 1.165) is 19.3 Å². The molecule has 0 bridgehead atoms. The topological polar surface area (TPSA) is 70.8 Å². The highest BCUT2D eigenvalue weighted by atomic mass is 16.5. The van der Waals surface area contributed by atoms with Crippen LogP contribution >= 0.6 is 0 Å². The zero-order chi connectivity index (χ0) is 15.3. The first kappa shape index (κ1) is 15.8. The second-order valence-corrected chi connectivity index (χ2v) is 5.48. The van der Waals surface area contributed by atoms with Crippen molar-refractivity contribution in [3.63, 3.8) is 0 Å². The van der Waals surface area contributed by atoms with Gasteiger partial charge < -0.3 is 19.9 Å². The summed E-state index contributed by atoms with van der Waals surface area (Å²) in [5, 5.41) is 0. The summed E-state index contributed by atoms with van der Waals surface area (Å²) in [4.78, 5) is 11.9. The van der Waals surface area contributed by atoms with Gasteiger partial charge in [0.2, 0.25) is 0 Å². The van der Waals surface area contributed by atoms with Gasteiger partial charge in [-0.05, 0) is 42.9 Å². The molecule has 0 heterocycles. The lowest BCUT2D eigenvalue weighted by Gasteiger charge is -2.26. The van der Waals surface area contributed by atoms with Crippen molar-refractivity contribution in [3.05, 3.63) is 29.8 Å². The first-order valence-electron chi connectivity index (χ1n) is 7.18. The van der Waals surface area contributed by atoms with Gasteiger partial charge in [-0.1, -0.05) is 12.1 Å². The zero-order valence-corrected chi connectivity index (χ0v) is 12.6. The number of rotatable bonds is 8. The van der Waals surface area contributed by atoms with Gasteiger partial charge in [0.05, 0.1) is 13.7 Å². The van der Waals surface area contributed by atoms with Crippen molar-refractivity contribution in [2.45, 2.75) is 24.8 Å². The normalized spacial score (nSPS) is 17.1. The Hall–Kier alpha value is -1.59. The van der Waals surface area contributed by atoms with Crippen LogP contribution < -0.4 is 10.5 Å². The molecule has 1 fully saturated rings. The Morgan fingerprint density at radius 3 is 2.48 bits per heavy atom. The summed E-state index contributed by atoms with van der Waals surface area (Å²) in [5.41, 5.74) is 6.33. The van der Waals surface area contributed by atoms with E-state index < -0.39 is 11.5 Å². The molecule has 1 atom stereocenters. The maximum Gasteiger partial charge on any atom is 0.329 e. The molecule has 21 heavy (non-hydrogen) atoms. The Labute approximate surface area is 125 Å². The van der Waals surface area contributed by atoms with Crippen molar-refractivity contribution < 1.29 is 19.0 Å². The highest BCUT2D eigenvalue weighted by Gasteiger charge is 2.49. The molecule has 1 aliphatic rings.